The molecule has 4 rings (SSSR count). The fourth-order valence-electron chi connectivity index (χ4n) is 3.03. The van der Waals surface area contributed by atoms with Crippen molar-refractivity contribution in [2.24, 2.45) is 5.10 Å². The first-order chi connectivity index (χ1) is 13.0. The van der Waals surface area contributed by atoms with Gasteiger partial charge in [0.1, 0.15) is 10.7 Å². The molecule has 0 saturated heterocycles. The van der Waals surface area contributed by atoms with Gasteiger partial charge in [0.05, 0.1) is 11.7 Å². The van der Waals surface area contributed by atoms with Crippen molar-refractivity contribution in [1.82, 2.24) is 10.4 Å². The first-order valence-corrected chi connectivity index (χ1v) is 8.80. The molecule has 0 unspecified atom stereocenters. The number of para-hydroxylation sites is 2. The van der Waals surface area contributed by atoms with Crippen molar-refractivity contribution in [3.63, 3.8) is 0 Å². The predicted octanol–water partition coefficient (Wildman–Crippen LogP) is 5.02. The molecule has 4 aromatic rings. The van der Waals surface area contributed by atoms with Crippen LogP contribution in [0.2, 0.25) is 5.15 Å². The molecule has 1 N–H and O–H groups in total. The van der Waals surface area contributed by atoms with E-state index in [9.17, 15) is 4.79 Å². The Kier molecular flexibility index (Phi) is 4.38. The van der Waals surface area contributed by atoms with E-state index in [0.29, 0.717) is 16.3 Å². The molecule has 2 aromatic heterocycles. The van der Waals surface area contributed by atoms with E-state index in [4.69, 9.17) is 16.0 Å². The first-order valence-electron chi connectivity index (χ1n) is 8.42. The molecule has 0 aliphatic rings. The fraction of sp³-hybridized carbons (Fsp3) is 0.0952. The molecule has 2 aromatic carbocycles. The summed E-state index contributed by atoms with van der Waals surface area (Å²) in [5.41, 5.74) is 6.45. The average molecular weight is 378 g/mol. The molecule has 0 bridgehead atoms. The molecule has 5 nitrogen and oxygen atoms in total. The number of nitrogens with zero attached hydrogens (tertiary/aromatic N) is 2. The number of hydrogen-bond acceptors (Lipinski definition) is 4. The van der Waals surface area contributed by atoms with Gasteiger partial charge in [0.25, 0.3) is 0 Å². The summed E-state index contributed by atoms with van der Waals surface area (Å²) in [5, 5.41) is 6.20. The highest BCUT2D eigenvalue weighted by Gasteiger charge is 2.16. The fourth-order valence-corrected chi connectivity index (χ4v) is 3.22. The minimum atomic E-state index is -0.416. The molecule has 0 saturated carbocycles. The van der Waals surface area contributed by atoms with Crippen LogP contribution in [-0.2, 0) is 0 Å². The second-order valence-corrected chi connectivity index (χ2v) is 6.62. The van der Waals surface area contributed by atoms with Gasteiger partial charge in [-0.25, -0.2) is 10.4 Å². The standard InChI is InChI=1S/C21H16ClN3O2/c1-12-6-5-7-14-10-15(20(22)24-18(12)14)11-23-25-21(26)19-13(2)16-8-3-4-9-17(16)27-19/h3-11H,1-2H3,(H,25,26)/b23-11-. The lowest BCUT2D eigenvalue weighted by Gasteiger charge is -2.04. The molecule has 0 aliphatic heterocycles. The summed E-state index contributed by atoms with van der Waals surface area (Å²) in [4.78, 5) is 16.8. The molecule has 1 amide bonds. The number of halogens is 1. The molecule has 0 aliphatic carbocycles. The van der Waals surface area contributed by atoms with Crippen LogP contribution in [0.3, 0.4) is 0 Å². The third-order valence-corrected chi connectivity index (χ3v) is 4.75. The monoisotopic (exact) mass is 377 g/mol. The summed E-state index contributed by atoms with van der Waals surface area (Å²) in [6, 6.07) is 15.3. The molecule has 6 heteroatoms. The number of carbonyl (C=O) groups is 1. The van der Waals surface area contributed by atoms with E-state index in [1.54, 1.807) is 0 Å². The largest absolute Gasteiger partial charge is 0.451 e. The van der Waals surface area contributed by atoms with Gasteiger partial charge >= 0.3 is 5.91 Å². The highest BCUT2D eigenvalue weighted by atomic mass is 35.5. The van der Waals surface area contributed by atoms with Crippen LogP contribution in [0.15, 0.2) is 58.0 Å². The Morgan fingerprint density at radius 3 is 2.81 bits per heavy atom. The van der Waals surface area contributed by atoms with Crippen LogP contribution in [0, 0.1) is 13.8 Å². The second-order valence-electron chi connectivity index (χ2n) is 6.27. The lowest BCUT2D eigenvalue weighted by Crippen LogP contribution is -2.17. The zero-order chi connectivity index (χ0) is 19.0. The number of aromatic nitrogens is 1. The maximum Gasteiger partial charge on any atom is 0.307 e. The number of benzene rings is 2. The van der Waals surface area contributed by atoms with Gasteiger partial charge in [0, 0.05) is 21.9 Å². The summed E-state index contributed by atoms with van der Waals surface area (Å²) >= 11 is 6.25. The van der Waals surface area contributed by atoms with E-state index in [0.717, 1.165) is 27.4 Å². The molecular formula is C21H16ClN3O2. The number of amides is 1. The van der Waals surface area contributed by atoms with Crippen molar-refractivity contribution in [1.29, 1.82) is 0 Å². The molecule has 134 valence electrons. The lowest BCUT2D eigenvalue weighted by atomic mass is 10.1. The van der Waals surface area contributed by atoms with Crippen molar-refractivity contribution < 1.29 is 9.21 Å². The van der Waals surface area contributed by atoms with Crippen LogP contribution in [-0.4, -0.2) is 17.1 Å². The van der Waals surface area contributed by atoms with Crippen molar-refractivity contribution in [2.45, 2.75) is 13.8 Å². The number of hydrogen-bond donors (Lipinski definition) is 1. The number of furan rings is 1. The van der Waals surface area contributed by atoms with Gasteiger partial charge in [-0.15, -0.1) is 0 Å². The summed E-state index contributed by atoms with van der Waals surface area (Å²) in [6.45, 7) is 3.83. The topological polar surface area (TPSA) is 67.5 Å². The zero-order valence-electron chi connectivity index (χ0n) is 14.8. The van der Waals surface area contributed by atoms with E-state index in [-0.39, 0.29) is 5.76 Å². The minimum Gasteiger partial charge on any atom is -0.451 e. The third kappa shape index (κ3) is 3.17. The zero-order valence-corrected chi connectivity index (χ0v) is 15.5. The summed E-state index contributed by atoms with van der Waals surface area (Å²) in [5.74, 6) is -0.174. The Labute approximate surface area is 160 Å². The van der Waals surface area contributed by atoms with Crippen LogP contribution in [0.5, 0.6) is 0 Å². The van der Waals surface area contributed by atoms with E-state index in [1.807, 2.05) is 62.4 Å². The van der Waals surface area contributed by atoms with Crippen molar-refractivity contribution in [2.75, 3.05) is 0 Å². The quantitative estimate of drug-likeness (QED) is 0.310. The number of pyridine rings is 1. The number of hydrazone groups is 1. The molecule has 27 heavy (non-hydrogen) atoms. The Morgan fingerprint density at radius 1 is 1.19 bits per heavy atom. The normalized spacial score (nSPS) is 11.5. The van der Waals surface area contributed by atoms with Gasteiger partial charge < -0.3 is 4.42 Å². The Morgan fingerprint density at radius 2 is 2.00 bits per heavy atom. The maximum absolute atomic E-state index is 12.4. The molecule has 0 fully saturated rings. The maximum atomic E-state index is 12.4. The van der Waals surface area contributed by atoms with E-state index < -0.39 is 5.91 Å². The number of aryl methyl sites for hydroxylation is 2. The SMILES string of the molecule is Cc1c(C(=O)N/N=C\c2cc3cccc(C)c3nc2Cl)oc2ccccc12. The van der Waals surface area contributed by atoms with Gasteiger partial charge in [0.15, 0.2) is 5.76 Å². The minimum absolute atomic E-state index is 0.242. The predicted molar refractivity (Wildman–Crippen MR) is 108 cm³/mol. The smallest absolute Gasteiger partial charge is 0.307 e. The van der Waals surface area contributed by atoms with Crippen LogP contribution in [0.25, 0.3) is 21.9 Å². The number of carbonyl (C=O) groups excluding carboxylic acids is 1. The Balaban J connectivity index is 1.58. The van der Waals surface area contributed by atoms with Crippen molar-refractivity contribution in [3.05, 3.63) is 76.1 Å². The van der Waals surface area contributed by atoms with Gasteiger partial charge in [0.2, 0.25) is 0 Å². The van der Waals surface area contributed by atoms with E-state index in [2.05, 4.69) is 15.5 Å². The summed E-state index contributed by atoms with van der Waals surface area (Å²) in [6.07, 6.45) is 1.48. The van der Waals surface area contributed by atoms with Gasteiger partial charge in [-0.3, -0.25) is 4.79 Å². The summed E-state index contributed by atoms with van der Waals surface area (Å²) in [7, 11) is 0. The van der Waals surface area contributed by atoms with Crippen LogP contribution in [0.1, 0.15) is 27.2 Å². The van der Waals surface area contributed by atoms with E-state index in [1.165, 1.54) is 6.21 Å². The third-order valence-electron chi connectivity index (χ3n) is 4.45. The lowest BCUT2D eigenvalue weighted by molar-refractivity contribution is 0.0929. The molecule has 0 spiro atoms. The average Bonchev–Trinajstić information content (AvgIpc) is 3.00. The first kappa shape index (κ1) is 17.2. The van der Waals surface area contributed by atoms with Gasteiger partial charge in [-0.2, -0.15) is 5.10 Å². The Hall–Kier alpha value is -3.18. The van der Waals surface area contributed by atoms with Crippen molar-refractivity contribution in [3.8, 4) is 0 Å². The van der Waals surface area contributed by atoms with E-state index >= 15 is 0 Å². The molecule has 2 heterocycles. The molecular weight excluding hydrogens is 362 g/mol. The highest BCUT2D eigenvalue weighted by Crippen LogP contribution is 2.25. The summed E-state index contributed by atoms with van der Waals surface area (Å²) < 4.78 is 5.63. The number of fused-ring (bicyclic) bond motifs is 2. The van der Waals surface area contributed by atoms with Crippen molar-refractivity contribution >= 4 is 45.6 Å². The number of rotatable bonds is 3. The highest BCUT2D eigenvalue weighted by molar-refractivity contribution is 6.32. The molecule has 0 radical (unpaired) electrons. The number of nitrogens with one attached hydrogen (secondary N) is 1. The second kappa shape index (κ2) is 6.85. The molecule has 0 atom stereocenters. The van der Waals surface area contributed by atoms with Crippen LogP contribution >= 0.6 is 11.6 Å². The van der Waals surface area contributed by atoms with Crippen LogP contribution in [0.4, 0.5) is 0 Å². The van der Waals surface area contributed by atoms with Gasteiger partial charge in [-0.1, -0.05) is 48.0 Å². The van der Waals surface area contributed by atoms with Gasteiger partial charge in [-0.05, 0) is 31.5 Å². The van der Waals surface area contributed by atoms with Crippen LogP contribution < -0.4 is 5.43 Å². The Bertz CT molecular complexity index is 1210.